The average Bonchev–Trinajstić information content (AvgIpc) is 3.22. The monoisotopic (exact) mass is 561 g/mol. The minimum Gasteiger partial charge on any atom is -0.449 e. The zero-order chi connectivity index (χ0) is 29.1. The zero-order valence-electron chi connectivity index (χ0n) is 26.0. The summed E-state index contributed by atoms with van der Waals surface area (Å²) in [6.45, 7) is 19.1. The Morgan fingerprint density at radius 1 is 1.02 bits per heavy atom. The standard InChI is InChI=1S/C35H51NO3Si/c1-24(2)28-20-17-25(3)21-26(28)18-19-27(22-39-40(7,8)35(4,5)6)36-34(37)38-23-33-31-15-11-9-13-29(31)30-14-10-12-16-32(30)33/h9-16,18-19,24-28,33H,17,20-23H2,1-8H3,(H,36,37)/t25-,26-,27-,28+/m1/s1. The average molecular weight is 562 g/mol. The van der Waals surface area contributed by atoms with Crippen LogP contribution in [0.2, 0.25) is 18.1 Å². The van der Waals surface area contributed by atoms with E-state index in [0.29, 0.717) is 31.0 Å². The lowest BCUT2D eigenvalue weighted by molar-refractivity contribution is 0.136. The number of amides is 1. The highest BCUT2D eigenvalue weighted by atomic mass is 28.4. The quantitative estimate of drug-likeness (QED) is 0.245. The van der Waals surface area contributed by atoms with Crippen molar-refractivity contribution in [1.82, 2.24) is 5.32 Å². The van der Waals surface area contributed by atoms with Gasteiger partial charge in [-0.15, -0.1) is 0 Å². The number of hydrogen-bond acceptors (Lipinski definition) is 3. The number of hydrogen-bond donors (Lipinski definition) is 1. The van der Waals surface area contributed by atoms with Crippen LogP contribution in [0.4, 0.5) is 4.79 Å². The van der Waals surface area contributed by atoms with Crippen molar-refractivity contribution in [2.45, 2.75) is 90.9 Å². The highest BCUT2D eigenvalue weighted by Crippen LogP contribution is 2.44. The fourth-order valence-corrected chi connectivity index (χ4v) is 7.25. The number of allylic oxidation sites excluding steroid dienone is 1. The largest absolute Gasteiger partial charge is 0.449 e. The molecule has 1 N–H and O–H groups in total. The molecule has 0 unspecified atom stereocenters. The summed E-state index contributed by atoms with van der Waals surface area (Å²) < 4.78 is 12.5. The van der Waals surface area contributed by atoms with Crippen molar-refractivity contribution in [2.75, 3.05) is 13.2 Å². The summed E-state index contributed by atoms with van der Waals surface area (Å²) >= 11 is 0. The number of nitrogens with one attached hydrogen (secondary N) is 1. The number of rotatable bonds is 9. The topological polar surface area (TPSA) is 47.6 Å². The van der Waals surface area contributed by atoms with E-state index in [1.165, 1.54) is 41.5 Å². The smallest absolute Gasteiger partial charge is 0.407 e. The van der Waals surface area contributed by atoms with Gasteiger partial charge in [0, 0.05) is 5.92 Å². The van der Waals surface area contributed by atoms with E-state index in [0.717, 1.165) is 5.92 Å². The molecule has 2 aliphatic carbocycles. The van der Waals surface area contributed by atoms with Gasteiger partial charge in [-0.3, -0.25) is 0 Å². The van der Waals surface area contributed by atoms with Gasteiger partial charge in [-0.05, 0) is 76.9 Å². The number of carbonyl (C=O) groups is 1. The van der Waals surface area contributed by atoms with Gasteiger partial charge in [0.15, 0.2) is 8.32 Å². The summed E-state index contributed by atoms with van der Waals surface area (Å²) in [7, 11) is -1.97. The predicted molar refractivity (Wildman–Crippen MR) is 169 cm³/mol. The first-order valence-corrected chi connectivity index (χ1v) is 18.2. The highest BCUT2D eigenvalue weighted by Gasteiger charge is 2.38. The summed E-state index contributed by atoms with van der Waals surface area (Å²) in [6.07, 6.45) is 7.96. The summed E-state index contributed by atoms with van der Waals surface area (Å²) in [6, 6.07) is 16.7. The van der Waals surface area contributed by atoms with Crippen molar-refractivity contribution < 1.29 is 14.0 Å². The van der Waals surface area contributed by atoms with Gasteiger partial charge in [-0.2, -0.15) is 0 Å². The molecule has 0 bridgehead atoms. The lowest BCUT2D eigenvalue weighted by Gasteiger charge is -2.37. The normalized spacial score (nSPS) is 22.3. The predicted octanol–water partition coefficient (Wildman–Crippen LogP) is 9.18. The van der Waals surface area contributed by atoms with Gasteiger partial charge >= 0.3 is 6.09 Å². The first-order chi connectivity index (χ1) is 18.9. The number of carbonyl (C=O) groups excluding carboxylic acids is 1. The van der Waals surface area contributed by atoms with E-state index in [1.54, 1.807) is 0 Å². The van der Waals surface area contributed by atoms with Crippen molar-refractivity contribution in [2.24, 2.45) is 23.7 Å². The molecule has 4 rings (SSSR count). The third-order valence-corrected chi connectivity index (χ3v) is 14.2. The van der Waals surface area contributed by atoms with E-state index < -0.39 is 8.32 Å². The second-order valence-electron chi connectivity index (χ2n) is 14.0. The van der Waals surface area contributed by atoms with Crippen LogP contribution >= 0.6 is 0 Å². The maximum absolute atomic E-state index is 13.2. The van der Waals surface area contributed by atoms with Crippen LogP contribution in [0.5, 0.6) is 0 Å². The molecule has 0 radical (unpaired) electrons. The molecule has 218 valence electrons. The Balaban J connectivity index is 1.46. The molecule has 1 fully saturated rings. The molecule has 1 amide bonds. The van der Waals surface area contributed by atoms with Crippen LogP contribution in [0.15, 0.2) is 60.7 Å². The lowest BCUT2D eigenvalue weighted by Crippen LogP contribution is -2.46. The van der Waals surface area contributed by atoms with Gasteiger partial charge in [0.1, 0.15) is 6.61 Å². The van der Waals surface area contributed by atoms with Crippen LogP contribution in [0, 0.1) is 23.7 Å². The highest BCUT2D eigenvalue weighted by molar-refractivity contribution is 6.74. The second-order valence-corrected chi connectivity index (χ2v) is 18.8. The second kappa shape index (κ2) is 12.6. The molecule has 0 heterocycles. The first kappa shape index (κ1) is 30.6. The number of alkyl carbamates (subject to hydrolysis) is 1. The molecule has 4 atom stereocenters. The minimum absolute atomic E-state index is 0.0474. The van der Waals surface area contributed by atoms with Crippen molar-refractivity contribution in [1.29, 1.82) is 0 Å². The van der Waals surface area contributed by atoms with Crippen molar-refractivity contribution >= 4 is 14.4 Å². The molecule has 0 aliphatic heterocycles. The SMILES string of the molecule is CC(C)[C@@H]1CC[C@@H](C)C[C@H]1C=C[C@H](CO[Si](C)(C)C(C)(C)C)NC(=O)OCC1c2ccccc2-c2ccccc21. The zero-order valence-corrected chi connectivity index (χ0v) is 27.0. The van der Waals surface area contributed by atoms with Crippen LogP contribution in [0.25, 0.3) is 11.1 Å². The van der Waals surface area contributed by atoms with E-state index in [-0.39, 0.29) is 23.1 Å². The fraction of sp³-hybridized carbons (Fsp3) is 0.571. The molecule has 1 saturated carbocycles. The molecule has 40 heavy (non-hydrogen) atoms. The molecule has 4 nitrogen and oxygen atoms in total. The van der Waals surface area contributed by atoms with Gasteiger partial charge in [0.2, 0.25) is 0 Å². The maximum atomic E-state index is 13.2. The number of benzene rings is 2. The Morgan fingerprint density at radius 3 is 2.20 bits per heavy atom. The van der Waals surface area contributed by atoms with Gasteiger partial charge in [0.25, 0.3) is 0 Å². The molecule has 2 aromatic carbocycles. The Hall–Kier alpha value is -2.37. The maximum Gasteiger partial charge on any atom is 0.407 e. The van der Waals surface area contributed by atoms with Gasteiger partial charge in [-0.25, -0.2) is 4.79 Å². The Bertz CT molecular complexity index is 1140. The third-order valence-electron chi connectivity index (χ3n) is 9.74. The van der Waals surface area contributed by atoms with E-state index in [9.17, 15) is 4.79 Å². The van der Waals surface area contributed by atoms with Crippen LogP contribution < -0.4 is 5.32 Å². The van der Waals surface area contributed by atoms with Crippen LogP contribution in [-0.4, -0.2) is 33.7 Å². The van der Waals surface area contributed by atoms with Gasteiger partial charge in [-0.1, -0.05) is 109 Å². The van der Waals surface area contributed by atoms with Crippen molar-refractivity contribution in [3.63, 3.8) is 0 Å². The Labute approximate surface area is 244 Å². The molecular weight excluding hydrogens is 510 g/mol. The van der Waals surface area contributed by atoms with Crippen LogP contribution in [0.3, 0.4) is 0 Å². The van der Waals surface area contributed by atoms with E-state index in [4.69, 9.17) is 9.16 Å². The number of fused-ring (bicyclic) bond motifs is 3. The van der Waals surface area contributed by atoms with E-state index >= 15 is 0 Å². The molecule has 0 saturated heterocycles. The lowest BCUT2D eigenvalue weighted by atomic mass is 9.70. The van der Waals surface area contributed by atoms with E-state index in [1.807, 2.05) is 0 Å². The van der Waals surface area contributed by atoms with Crippen molar-refractivity contribution in [3.8, 4) is 11.1 Å². The molecule has 2 aliphatic rings. The molecule has 2 aromatic rings. The molecular formula is C35H51NO3Si. The van der Waals surface area contributed by atoms with Gasteiger partial charge < -0.3 is 14.5 Å². The molecule has 0 aromatic heterocycles. The molecule has 0 spiro atoms. The minimum atomic E-state index is -1.97. The van der Waals surface area contributed by atoms with Crippen LogP contribution in [-0.2, 0) is 9.16 Å². The Morgan fingerprint density at radius 2 is 1.62 bits per heavy atom. The third kappa shape index (κ3) is 7.09. The van der Waals surface area contributed by atoms with E-state index in [2.05, 4.69) is 121 Å². The molecule has 5 heteroatoms. The van der Waals surface area contributed by atoms with Crippen LogP contribution in [0.1, 0.15) is 77.8 Å². The van der Waals surface area contributed by atoms with Gasteiger partial charge in [0.05, 0.1) is 12.6 Å². The number of ether oxygens (including phenoxy) is 1. The summed E-state index contributed by atoms with van der Waals surface area (Å²) in [5.41, 5.74) is 4.91. The summed E-state index contributed by atoms with van der Waals surface area (Å²) in [4.78, 5) is 13.2. The summed E-state index contributed by atoms with van der Waals surface area (Å²) in [5, 5.41) is 3.26. The van der Waals surface area contributed by atoms with Crippen molar-refractivity contribution in [3.05, 3.63) is 71.8 Å². The first-order valence-electron chi connectivity index (χ1n) is 15.3. The Kier molecular flexibility index (Phi) is 9.67. The fourth-order valence-electron chi connectivity index (χ4n) is 6.23. The summed E-state index contributed by atoms with van der Waals surface area (Å²) in [5.74, 6) is 2.65.